The first-order valence-electron chi connectivity index (χ1n) is 4.26. The molecule has 0 saturated heterocycles. The Morgan fingerprint density at radius 1 is 1.62 bits per heavy atom. The highest BCUT2D eigenvalue weighted by Crippen LogP contribution is 2.27. The molecule has 0 spiro atoms. The number of nitrogens with zero attached hydrogens (tertiary/aromatic N) is 1. The minimum atomic E-state index is -3.06. The molecule has 16 heavy (non-hydrogen) atoms. The van der Waals surface area contributed by atoms with E-state index >= 15 is 0 Å². The molecule has 4 nitrogen and oxygen atoms in total. The number of pyridine rings is 1. The summed E-state index contributed by atoms with van der Waals surface area (Å²) in [4.78, 5) is 14.6. The molecule has 0 aliphatic heterocycles. The molecule has 1 heterocycles. The van der Waals surface area contributed by atoms with Crippen molar-refractivity contribution >= 4 is 5.97 Å². The van der Waals surface area contributed by atoms with E-state index in [1.165, 1.54) is 0 Å². The molecule has 0 bridgehead atoms. The SMILES string of the molecule is COC(=O)c1ncc(F)c(C(F)F)c1CN. The maximum absolute atomic E-state index is 13.1. The van der Waals surface area contributed by atoms with Crippen molar-refractivity contribution in [2.45, 2.75) is 13.0 Å². The number of hydrogen-bond donors (Lipinski definition) is 1. The maximum atomic E-state index is 13.1. The van der Waals surface area contributed by atoms with Crippen LogP contribution >= 0.6 is 0 Å². The fraction of sp³-hybridized carbons (Fsp3) is 0.333. The van der Waals surface area contributed by atoms with E-state index in [1.54, 1.807) is 0 Å². The number of aromatic nitrogens is 1. The maximum Gasteiger partial charge on any atom is 0.356 e. The summed E-state index contributed by atoms with van der Waals surface area (Å²) >= 11 is 0. The standard InChI is InChI=1S/C9H9F3N2O2/c1-16-9(15)7-4(2-13)6(8(11)12)5(10)3-14-7/h3,8H,2,13H2,1H3. The molecule has 88 valence electrons. The molecule has 0 radical (unpaired) electrons. The number of alkyl halides is 2. The Labute approximate surface area is 89.2 Å². The summed E-state index contributed by atoms with van der Waals surface area (Å²) in [6.45, 7) is -0.422. The van der Waals surface area contributed by atoms with E-state index in [0.29, 0.717) is 6.20 Å². The van der Waals surface area contributed by atoms with E-state index in [9.17, 15) is 18.0 Å². The second-order valence-electron chi connectivity index (χ2n) is 2.84. The van der Waals surface area contributed by atoms with Crippen molar-refractivity contribution in [3.8, 4) is 0 Å². The molecule has 7 heteroatoms. The fourth-order valence-corrected chi connectivity index (χ4v) is 1.26. The molecule has 1 rings (SSSR count). The van der Waals surface area contributed by atoms with Crippen LogP contribution in [-0.2, 0) is 11.3 Å². The molecule has 0 unspecified atom stereocenters. The van der Waals surface area contributed by atoms with Gasteiger partial charge in [0, 0.05) is 12.1 Å². The van der Waals surface area contributed by atoms with Gasteiger partial charge in [-0.1, -0.05) is 0 Å². The molecule has 0 fully saturated rings. The summed E-state index contributed by atoms with van der Waals surface area (Å²) in [6.07, 6.45) is -2.52. The first-order valence-corrected chi connectivity index (χ1v) is 4.26. The van der Waals surface area contributed by atoms with Crippen LogP contribution in [0, 0.1) is 5.82 Å². The van der Waals surface area contributed by atoms with Gasteiger partial charge in [-0.25, -0.2) is 22.9 Å². The van der Waals surface area contributed by atoms with Gasteiger partial charge in [-0.15, -0.1) is 0 Å². The smallest absolute Gasteiger partial charge is 0.356 e. The van der Waals surface area contributed by atoms with Gasteiger partial charge in [0.05, 0.1) is 18.9 Å². The highest BCUT2D eigenvalue weighted by atomic mass is 19.3. The molecule has 0 amide bonds. The van der Waals surface area contributed by atoms with Crippen molar-refractivity contribution in [2.75, 3.05) is 7.11 Å². The lowest BCUT2D eigenvalue weighted by Crippen LogP contribution is -2.15. The molecule has 1 aromatic rings. The lowest BCUT2D eigenvalue weighted by Gasteiger charge is -2.11. The minimum absolute atomic E-state index is 0.332. The third-order valence-electron chi connectivity index (χ3n) is 1.98. The second kappa shape index (κ2) is 4.93. The predicted molar refractivity (Wildman–Crippen MR) is 48.4 cm³/mol. The molecule has 0 aliphatic carbocycles. The molecular weight excluding hydrogens is 225 g/mol. The van der Waals surface area contributed by atoms with E-state index in [-0.39, 0.29) is 11.3 Å². The monoisotopic (exact) mass is 234 g/mol. The number of ether oxygens (including phenoxy) is 1. The van der Waals surface area contributed by atoms with Crippen LogP contribution in [0.5, 0.6) is 0 Å². The van der Waals surface area contributed by atoms with E-state index in [0.717, 1.165) is 7.11 Å². The summed E-state index contributed by atoms with van der Waals surface area (Å²) < 4.78 is 42.5. The largest absolute Gasteiger partial charge is 0.464 e. The zero-order valence-corrected chi connectivity index (χ0v) is 8.34. The van der Waals surface area contributed by atoms with E-state index in [4.69, 9.17) is 5.73 Å². The van der Waals surface area contributed by atoms with Crippen LogP contribution in [-0.4, -0.2) is 18.1 Å². The number of rotatable bonds is 3. The van der Waals surface area contributed by atoms with E-state index in [1.807, 2.05) is 0 Å². The van der Waals surface area contributed by atoms with Crippen molar-refractivity contribution in [2.24, 2.45) is 5.73 Å². The summed E-state index contributed by atoms with van der Waals surface area (Å²) in [7, 11) is 1.07. The normalized spacial score (nSPS) is 10.6. The van der Waals surface area contributed by atoms with E-state index in [2.05, 4.69) is 9.72 Å². The number of carbonyl (C=O) groups excluding carboxylic acids is 1. The highest BCUT2D eigenvalue weighted by Gasteiger charge is 2.24. The van der Waals surface area contributed by atoms with Crippen LogP contribution in [0.4, 0.5) is 13.2 Å². The Morgan fingerprint density at radius 3 is 2.69 bits per heavy atom. The minimum Gasteiger partial charge on any atom is -0.464 e. The third kappa shape index (κ3) is 2.13. The summed E-state index contributed by atoms with van der Waals surface area (Å²) in [5.74, 6) is -2.12. The zero-order chi connectivity index (χ0) is 12.3. The zero-order valence-electron chi connectivity index (χ0n) is 8.34. The van der Waals surface area contributed by atoms with Crippen molar-refractivity contribution in [3.63, 3.8) is 0 Å². The summed E-state index contributed by atoms with van der Waals surface area (Å²) in [6, 6.07) is 0. The van der Waals surface area contributed by atoms with Crippen LogP contribution in [0.15, 0.2) is 6.20 Å². The fourth-order valence-electron chi connectivity index (χ4n) is 1.26. The van der Waals surface area contributed by atoms with Gasteiger partial charge in [-0.3, -0.25) is 0 Å². The first-order chi connectivity index (χ1) is 7.52. The summed E-state index contributed by atoms with van der Waals surface area (Å²) in [5, 5.41) is 0. The third-order valence-corrected chi connectivity index (χ3v) is 1.98. The van der Waals surface area contributed by atoms with Gasteiger partial charge in [0.25, 0.3) is 6.43 Å². The lowest BCUT2D eigenvalue weighted by molar-refractivity contribution is 0.0591. The quantitative estimate of drug-likeness (QED) is 0.803. The number of carbonyl (C=O) groups is 1. The molecule has 0 atom stereocenters. The Kier molecular flexibility index (Phi) is 3.83. The highest BCUT2D eigenvalue weighted by molar-refractivity contribution is 5.89. The van der Waals surface area contributed by atoms with Gasteiger partial charge in [0.2, 0.25) is 0 Å². The van der Waals surface area contributed by atoms with Crippen LogP contribution in [0.3, 0.4) is 0 Å². The number of methoxy groups -OCH3 is 1. The van der Waals surface area contributed by atoms with Gasteiger partial charge >= 0.3 is 5.97 Å². The molecular formula is C9H9F3N2O2. The molecule has 0 aliphatic rings. The average molecular weight is 234 g/mol. The predicted octanol–water partition coefficient (Wildman–Crippen LogP) is 1.40. The van der Waals surface area contributed by atoms with Gasteiger partial charge in [-0.2, -0.15) is 0 Å². The van der Waals surface area contributed by atoms with Gasteiger partial charge in [0.1, 0.15) is 0 Å². The van der Waals surface area contributed by atoms with Crippen LogP contribution < -0.4 is 5.73 Å². The Morgan fingerprint density at radius 2 is 2.25 bits per heavy atom. The Balaban J connectivity index is 3.42. The topological polar surface area (TPSA) is 65.2 Å². The number of nitrogens with two attached hydrogens (primary N) is 1. The van der Waals surface area contributed by atoms with Gasteiger partial charge in [0.15, 0.2) is 11.5 Å². The number of halogens is 3. The summed E-state index contributed by atoms with van der Waals surface area (Å²) in [5.41, 5.74) is 3.58. The first kappa shape index (κ1) is 12.4. The number of hydrogen-bond acceptors (Lipinski definition) is 4. The Hall–Kier alpha value is -1.63. The van der Waals surface area contributed by atoms with Gasteiger partial charge < -0.3 is 10.5 Å². The van der Waals surface area contributed by atoms with Crippen molar-refractivity contribution in [3.05, 3.63) is 28.8 Å². The van der Waals surface area contributed by atoms with Crippen LogP contribution in [0.2, 0.25) is 0 Å². The van der Waals surface area contributed by atoms with Crippen molar-refractivity contribution in [1.29, 1.82) is 0 Å². The molecule has 0 aromatic carbocycles. The number of esters is 1. The van der Waals surface area contributed by atoms with Crippen molar-refractivity contribution < 1.29 is 22.7 Å². The van der Waals surface area contributed by atoms with E-state index < -0.39 is 30.3 Å². The second-order valence-corrected chi connectivity index (χ2v) is 2.84. The molecule has 2 N–H and O–H groups in total. The molecule has 0 saturated carbocycles. The molecule has 1 aromatic heterocycles. The van der Waals surface area contributed by atoms with Crippen LogP contribution in [0.25, 0.3) is 0 Å². The lowest BCUT2D eigenvalue weighted by atomic mass is 10.1. The van der Waals surface area contributed by atoms with Gasteiger partial charge in [-0.05, 0) is 0 Å². The van der Waals surface area contributed by atoms with Crippen LogP contribution in [0.1, 0.15) is 28.0 Å². The Bertz CT molecular complexity index is 410. The average Bonchev–Trinajstić information content (AvgIpc) is 2.26. The van der Waals surface area contributed by atoms with Crippen molar-refractivity contribution in [1.82, 2.24) is 4.98 Å².